The lowest BCUT2D eigenvalue weighted by Crippen LogP contribution is -2.42. The van der Waals surface area contributed by atoms with Crippen molar-refractivity contribution >= 4 is 0 Å². The first kappa shape index (κ1) is 14.9. The molecule has 0 radical (unpaired) electrons. The van der Waals surface area contributed by atoms with E-state index in [1.54, 1.807) is 0 Å². The third-order valence-electron chi connectivity index (χ3n) is 4.31. The Morgan fingerprint density at radius 1 is 1.35 bits per heavy atom. The molecule has 3 nitrogen and oxygen atoms in total. The van der Waals surface area contributed by atoms with E-state index < -0.39 is 0 Å². The summed E-state index contributed by atoms with van der Waals surface area (Å²) in [5.74, 6) is 1.46. The molecule has 0 aromatic carbocycles. The second kappa shape index (κ2) is 8.06. The minimum atomic E-state index is 0.322. The molecule has 0 spiro atoms. The van der Waals surface area contributed by atoms with Gasteiger partial charge in [-0.05, 0) is 64.7 Å². The van der Waals surface area contributed by atoms with Gasteiger partial charge in [0, 0.05) is 12.6 Å². The van der Waals surface area contributed by atoms with E-state index in [1.165, 1.54) is 25.9 Å². The summed E-state index contributed by atoms with van der Waals surface area (Å²) < 4.78 is 0. The van der Waals surface area contributed by atoms with Gasteiger partial charge >= 0.3 is 0 Å². The van der Waals surface area contributed by atoms with Gasteiger partial charge in [0.25, 0.3) is 0 Å². The van der Waals surface area contributed by atoms with Gasteiger partial charge in [0.15, 0.2) is 0 Å². The van der Waals surface area contributed by atoms with Gasteiger partial charge in [0.1, 0.15) is 0 Å². The SMILES string of the molecule is CCC(CCO)CNC(C)C1CCN(C)CC1. The summed E-state index contributed by atoms with van der Waals surface area (Å²) in [6, 6.07) is 0.622. The van der Waals surface area contributed by atoms with Crippen molar-refractivity contribution in [1.29, 1.82) is 0 Å². The van der Waals surface area contributed by atoms with Gasteiger partial charge in [0.2, 0.25) is 0 Å². The fourth-order valence-electron chi connectivity index (χ4n) is 2.68. The summed E-state index contributed by atoms with van der Waals surface area (Å²) in [4.78, 5) is 2.42. The van der Waals surface area contributed by atoms with E-state index in [0.717, 1.165) is 25.3 Å². The van der Waals surface area contributed by atoms with Crippen LogP contribution in [-0.2, 0) is 0 Å². The van der Waals surface area contributed by atoms with Crippen molar-refractivity contribution in [2.75, 3.05) is 33.3 Å². The Morgan fingerprint density at radius 2 is 2.00 bits per heavy atom. The van der Waals surface area contributed by atoms with Gasteiger partial charge in [-0.25, -0.2) is 0 Å². The van der Waals surface area contributed by atoms with Crippen molar-refractivity contribution in [1.82, 2.24) is 10.2 Å². The highest BCUT2D eigenvalue weighted by Crippen LogP contribution is 2.20. The molecule has 0 bridgehead atoms. The Hall–Kier alpha value is -0.120. The number of aliphatic hydroxyl groups excluding tert-OH is 1. The zero-order valence-electron chi connectivity index (χ0n) is 11.8. The molecular weight excluding hydrogens is 212 g/mol. The molecule has 17 heavy (non-hydrogen) atoms. The van der Waals surface area contributed by atoms with Gasteiger partial charge in [-0.3, -0.25) is 0 Å². The predicted molar refractivity (Wildman–Crippen MR) is 73.2 cm³/mol. The van der Waals surface area contributed by atoms with Gasteiger partial charge < -0.3 is 15.3 Å². The summed E-state index contributed by atoms with van der Waals surface area (Å²) in [6.45, 7) is 8.40. The van der Waals surface area contributed by atoms with Crippen molar-refractivity contribution in [2.45, 2.75) is 45.6 Å². The normalized spacial score (nSPS) is 22.6. The molecule has 2 unspecified atom stereocenters. The summed E-state index contributed by atoms with van der Waals surface area (Å²) in [5.41, 5.74) is 0. The second-order valence-corrected chi connectivity index (χ2v) is 5.62. The van der Waals surface area contributed by atoms with E-state index >= 15 is 0 Å². The molecule has 0 aliphatic carbocycles. The summed E-state index contributed by atoms with van der Waals surface area (Å²) in [6.07, 6.45) is 4.74. The molecular formula is C14H30N2O. The number of nitrogens with zero attached hydrogens (tertiary/aromatic N) is 1. The number of hydrogen-bond donors (Lipinski definition) is 2. The highest BCUT2D eigenvalue weighted by atomic mass is 16.3. The van der Waals surface area contributed by atoms with E-state index in [2.05, 4.69) is 31.1 Å². The zero-order chi connectivity index (χ0) is 12.7. The molecule has 0 saturated carbocycles. The van der Waals surface area contributed by atoms with Crippen LogP contribution in [0.5, 0.6) is 0 Å². The standard InChI is InChI=1S/C14H30N2O/c1-4-13(7-10-17)11-15-12(2)14-5-8-16(3)9-6-14/h12-15,17H,4-11H2,1-3H3. The molecule has 1 heterocycles. The third-order valence-corrected chi connectivity index (χ3v) is 4.31. The average molecular weight is 242 g/mol. The number of aliphatic hydroxyl groups is 1. The first-order valence-corrected chi connectivity index (χ1v) is 7.20. The van der Waals surface area contributed by atoms with Crippen molar-refractivity contribution in [2.24, 2.45) is 11.8 Å². The maximum Gasteiger partial charge on any atom is 0.0434 e. The first-order valence-electron chi connectivity index (χ1n) is 7.20. The minimum absolute atomic E-state index is 0.322. The van der Waals surface area contributed by atoms with Gasteiger partial charge in [-0.2, -0.15) is 0 Å². The van der Waals surface area contributed by atoms with Crippen molar-refractivity contribution in [3.63, 3.8) is 0 Å². The van der Waals surface area contributed by atoms with Crippen LogP contribution in [0.15, 0.2) is 0 Å². The number of hydrogen-bond acceptors (Lipinski definition) is 3. The Balaban J connectivity index is 2.21. The maximum absolute atomic E-state index is 8.98. The Morgan fingerprint density at radius 3 is 2.53 bits per heavy atom. The largest absolute Gasteiger partial charge is 0.396 e. The van der Waals surface area contributed by atoms with Crippen LogP contribution in [-0.4, -0.2) is 49.3 Å². The van der Waals surface area contributed by atoms with E-state index in [0.29, 0.717) is 18.6 Å². The highest BCUT2D eigenvalue weighted by molar-refractivity contribution is 4.79. The van der Waals surface area contributed by atoms with Crippen molar-refractivity contribution < 1.29 is 5.11 Å². The quantitative estimate of drug-likeness (QED) is 0.713. The monoisotopic (exact) mass is 242 g/mol. The van der Waals surface area contributed by atoms with Crippen LogP contribution in [0.3, 0.4) is 0 Å². The van der Waals surface area contributed by atoms with E-state index in [9.17, 15) is 0 Å². The van der Waals surface area contributed by atoms with E-state index in [4.69, 9.17) is 5.11 Å². The van der Waals surface area contributed by atoms with Crippen LogP contribution >= 0.6 is 0 Å². The number of likely N-dealkylation sites (tertiary alicyclic amines) is 1. The fourth-order valence-corrected chi connectivity index (χ4v) is 2.68. The van der Waals surface area contributed by atoms with Crippen molar-refractivity contribution in [3.8, 4) is 0 Å². The Kier molecular flexibility index (Phi) is 7.09. The van der Waals surface area contributed by atoms with Crippen molar-refractivity contribution in [3.05, 3.63) is 0 Å². The van der Waals surface area contributed by atoms with Gasteiger partial charge in [0.05, 0.1) is 0 Å². The molecule has 1 saturated heterocycles. The highest BCUT2D eigenvalue weighted by Gasteiger charge is 2.22. The second-order valence-electron chi connectivity index (χ2n) is 5.62. The van der Waals surface area contributed by atoms with Crippen LogP contribution in [0.25, 0.3) is 0 Å². The first-order chi connectivity index (χ1) is 8.17. The molecule has 2 N–H and O–H groups in total. The molecule has 0 aromatic rings. The fraction of sp³-hybridized carbons (Fsp3) is 1.00. The smallest absolute Gasteiger partial charge is 0.0434 e. The van der Waals surface area contributed by atoms with E-state index in [-0.39, 0.29) is 0 Å². The molecule has 102 valence electrons. The predicted octanol–water partition coefficient (Wildman–Crippen LogP) is 1.71. The van der Waals surface area contributed by atoms with Crippen LogP contribution in [0.1, 0.15) is 39.5 Å². The topological polar surface area (TPSA) is 35.5 Å². The number of nitrogens with one attached hydrogen (secondary N) is 1. The van der Waals surface area contributed by atoms with Crippen LogP contribution in [0.4, 0.5) is 0 Å². The number of rotatable bonds is 7. The summed E-state index contributed by atoms with van der Waals surface area (Å²) in [7, 11) is 2.21. The summed E-state index contributed by atoms with van der Waals surface area (Å²) in [5, 5.41) is 12.7. The molecule has 1 aliphatic rings. The van der Waals surface area contributed by atoms with Gasteiger partial charge in [-0.1, -0.05) is 13.3 Å². The average Bonchev–Trinajstić information content (AvgIpc) is 2.35. The summed E-state index contributed by atoms with van der Waals surface area (Å²) >= 11 is 0. The number of piperidine rings is 1. The lowest BCUT2D eigenvalue weighted by Gasteiger charge is -2.33. The minimum Gasteiger partial charge on any atom is -0.396 e. The van der Waals surface area contributed by atoms with Crippen LogP contribution in [0.2, 0.25) is 0 Å². The van der Waals surface area contributed by atoms with E-state index in [1.807, 2.05) is 0 Å². The molecule has 2 atom stereocenters. The molecule has 0 amide bonds. The lowest BCUT2D eigenvalue weighted by atomic mass is 9.90. The Bertz CT molecular complexity index is 191. The molecule has 3 heteroatoms. The van der Waals surface area contributed by atoms with Crippen LogP contribution in [0, 0.1) is 11.8 Å². The molecule has 1 fully saturated rings. The maximum atomic E-state index is 8.98. The zero-order valence-corrected chi connectivity index (χ0v) is 11.8. The molecule has 1 rings (SSSR count). The Labute approximate surface area is 107 Å². The molecule has 1 aliphatic heterocycles. The lowest BCUT2D eigenvalue weighted by molar-refractivity contribution is 0.183. The van der Waals surface area contributed by atoms with Crippen LogP contribution < -0.4 is 5.32 Å². The van der Waals surface area contributed by atoms with Gasteiger partial charge in [-0.15, -0.1) is 0 Å². The third kappa shape index (κ3) is 5.36. The molecule has 0 aromatic heterocycles.